The van der Waals surface area contributed by atoms with Crippen LogP contribution in [0.15, 0.2) is 64.0 Å². The minimum atomic E-state index is -3.51. The van der Waals surface area contributed by atoms with Gasteiger partial charge in [-0.05, 0) is 29.5 Å². The normalized spacial score (nSPS) is 22.1. The highest BCUT2D eigenvalue weighted by molar-refractivity contribution is 7.89. The molecule has 0 radical (unpaired) electrons. The number of hydrogen-bond acceptors (Lipinski definition) is 5. The number of rotatable bonds is 5. The van der Waals surface area contributed by atoms with Gasteiger partial charge in [0.05, 0.1) is 4.90 Å². The standard InChI is InChI=1S/C20H21N3O3S/c1-13-17(14-8-5-4-6-9-14)18(13)20-21-19(22-26-20)15-10-7-11-16(12-15)27(24,25)23(2)3/h4-13,17-18H,1-3H3. The van der Waals surface area contributed by atoms with Crippen LogP contribution in [-0.2, 0) is 10.0 Å². The van der Waals surface area contributed by atoms with Gasteiger partial charge in [0.15, 0.2) is 0 Å². The van der Waals surface area contributed by atoms with E-state index >= 15 is 0 Å². The summed E-state index contributed by atoms with van der Waals surface area (Å²) >= 11 is 0. The molecule has 7 heteroatoms. The van der Waals surface area contributed by atoms with Gasteiger partial charge in [0.25, 0.3) is 0 Å². The van der Waals surface area contributed by atoms with Crippen molar-refractivity contribution in [1.29, 1.82) is 0 Å². The lowest BCUT2D eigenvalue weighted by atomic mass is 10.1. The molecule has 1 fully saturated rings. The van der Waals surface area contributed by atoms with Crippen LogP contribution in [0.3, 0.4) is 0 Å². The highest BCUT2D eigenvalue weighted by Crippen LogP contribution is 2.59. The number of nitrogens with zero attached hydrogens (tertiary/aromatic N) is 3. The second-order valence-corrected chi connectivity index (χ2v) is 9.24. The fourth-order valence-electron chi connectivity index (χ4n) is 3.52. The molecule has 1 heterocycles. The molecule has 6 nitrogen and oxygen atoms in total. The summed E-state index contributed by atoms with van der Waals surface area (Å²) in [7, 11) is -0.498. The zero-order chi connectivity index (χ0) is 19.2. The molecule has 1 aromatic heterocycles. The first-order valence-corrected chi connectivity index (χ1v) is 10.2. The van der Waals surface area contributed by atoms with Crippen molar-refractivity contribution in [3.8, 4) is 11.4 Å². The smallest absolute Gasteiger partial charge is 0.242 e. The molecule has 1 aliphatic carbocycles. The van der Waals surface area contributed by atoms with Crippen molar-refractivity contribution in [2.75, 3.05) is 14.1 Å². The van der Waals surface area contributed by atoms with Crippen molar-refractivity contribution in [3.05, 3.63) is 66.1 Å². The molecule has 0 bridgehead atoms. The molecule has 3 aromatic rings. The Balaban J connectivity index is 1.61. The molecule has 3 atom stereocenters. The maximum absolute atomic E-state index is 12.3. The van der Waals surface area contributed by atoms with Crippen LogP contribution in [0, 0.1) is 5.92 Å². The van der Waals surface area contributed by atoms with Crippen molar-refractivity contribution < 1.29 is 12.9 Å². The van der Waals surface area contributed by atoms with Gasteiger partial charge < -0.3 is 4.52 Å². The molecule has 140 valence electrons. The maximum atomic E-state index is 12.3. The van der Waals surface area contributed by atoms with Gasteiger partial charge in [0.1, 0.15) is 0 Å². The van der Waals surface area contributed by atoms with E-state index in [9.17, 15) is 8.42 Å². The van der Waals surface area contributed by atoms with Gasteiger partial charge in [0.2, 0.25) is 21.7 Å². The van der Waals surface area contributed by atoms with E-state index in [0.717, 1.165) is 0 Å². The van der Waals surface area contributed by atoms with Crippen molar-refractivity contribution >= 4 is 10.0 Å². The van der Waals surface area contributed by atoms with Gasteiger partial charge in [0, 0.05) is 25.6 Å². The van der Waals surface area contributed by atoms with Crippen LogP contribution in [0.25, 0.3) is 11.4 Å². The summed E-state index contributed by atoms with van der Waals surface area (Å²) in [6, 6.07) is 16.9. The molecule has 0 amide bonds. The second kappa shape index (κ2) is 6.58. The Hall–Kier alpha value is -2.51. The molecule has 0 saturated heterocycles. The molecule has 2 aromatic carbocycles. The van der Waals surface area contributed by atoms with E-state index in [1.54, 1.807) is 24.3 Å². The first kappa shape index (κ1) is 17.9. The topological polar surface area (TPSA) is 76.3 Å². The summed E-state index contributed by atoms with van der Waals surface area (Å²) in [6.07, 6.45) is 0. The van der Waals surface area contributed by atoms with Crippen molar-refractivity contribution in [3.63, 3.8) is 0 Å². The summed E-state index contributed by atoms with van der Waals surface area (Å²) in [5.41, 5.74) is 1.89. The lowest BCUT2D eigenvalue weighted by molar-refractivity contribution is 0.376. The molecular formula is C20H21N3O3S. The highest BCUT2D eigenvalue weighted by atomic mass is 32.2. The largest absolute Gasteiger partial charge is 0.339 e. The van der Waals surface area contributed by atoms with Gasteiger partial charge in [-0.15, -0.1) is 0 Å². The third kappa shape index (κ3) is 3.17. The zero-order valence-electron chi connectivity index (χ0n) is 15.4. The summed E-state index contributed by atoms with van der Waals surface area (Å²) in [6.45, 7) is 2.18. The third-order valence-electron chi connectivity index (χ3n) is 5.16. The van der Waals surface area contributed by atoms with Crippen LogP contribution in [-0.4, -0.2) is 37.0 Å². The van der Waals surface area contributed by atoms with Crippen LogP contribution in [0.1, 0.15) is 30.2 Å². The van der Waals surface area contributed by atoms with Crippen LogP contribution in [0.4, 0.5) is 0 Å². The first-order valence-electron chi connectivity index (χ1n) is 8.81. The summed E-state index contributed by atoms with van der Waals surface area (Å²) in [5, 5.41) is 4.08. The van der Waals surface area contributed by atoms with Gasteiger partial charge in [-0.2, -0.15) is 4.98 Å². The Labute approximate surface area is 158 Å². The van der Waals surface area contributed by atoms with Gasteiger partial charge >= 0.3 is 0 Å². The summed E-state index contributed by atoms with van der Waals surface area (Å²) in [5.74, 6) is 2.02. The zero-order valence-corrected chi connectivity index (χ0v) is 16.2. The van der Waals surface area contributed by atoms with E-state index in [0.29, 0.717) is 29.1 Å². The van der Waals surface area contributed by atoms with Crippen LogP contribution in [0.5, 0.6) is 0 Å². The lowest BCUT2D eigenvalue weighted by Crippen LogP contribution is -2.22. The Kier molecular flexibility index (Phi) is 4.36. The Bertz CT molecular complexity index is 1060. The molecule has 27 heavy (non-hydrogen) atoms. The van der Waals surface area contributed by atoms with Gasteiger partial charge in [-0.3, -0.25) is 0 Å². The van der Waals surface area contributed by atoms with E-state index in [1.165, 1.54) is 24.0 Å². The van der Waals surface area contributed by atoms with E-state index in [2.05, 4.69) is 29.2 Å². The quantitative estimate of drug-likeness (QED) is 0.674. The summed E-state index contributed by atoms with van der Waals surface area (Å²) < 4.78 is 31.4. The average molecular weight is 383 g/mol. The monoisotopic (exact) mass is 383 g/mol. The molecule has 0 spiro atoms. The SMILES string of the molecule is CC1C(c2ccccc2)C1c1nc(-c2cccc(S(=O)(=O)N(C)C)c2)no1. The molecule has 0 aliphatic heterocycles. The summed E-state index contributed by atoms with van der Waals surface area (Å²) in [4.78, 5) is 4.76. The van der Waals surface area contributed by atoms with E-state index in [1.807, 2.05) is 18.2 Å². The molecule has 3 unspecified atom stereocenters. The second-order valence-electron chi connectivity index (χ2n) is 7.09. The number of aromatic nitrogens is 2. The predicted molar refractivity (Wildman–Crippen MR) is 102 cm³/mol. The number of sulfonamides is 1. The number of hydrogen-bond donors (Lipinski definition) is 0. The molecule has 0 N–H and O–H groups in total. The number of benzene rings is 2. The Morgan fingerprint density at radius 1 is 1.00 bits per heavy atom. The van der Waals surface area contributed by atoms with Crippen LogP contribution < -0.4 is 0 Å². The first-order chi connectivity index (χ1) is 12.9. The minimum Gasteiger partial charge on any atom is -0.339 e. The molecule has 4 rings (SSSR count). The lowest BCUT2D eigenvalue weighted by Gasteiger charge is -2.11. The Morgan fingerprint density at radius 2 is 1.74 bits per heavy atom. The molecule has 1 saturated carbocycles. The molecular weight excluding hydrogens is 362 g/mol. The van der Waals surface area contributed by atoms with E-state index in [-0.39, 0.29) is 10.8 Å². The average Bonchev–Trinajstić information content (AvgIpc) is 3.11. The van der Waals surface area contributed by atoms with Gasteiger partial charge in [-0.25, -0.2) is 12.7 Å². The fourth-order valence-corrected chi connectivity index (χ4v) is 4.47. The minimum absolute atomic E-state index is 0.197. The van der Waals surface area contributed by atoms with Crippen molar-refractivity contribution in [1.82, 2.24) is 14.4 Å². The van der Waals surface area contributed by atoms with E-state index in [4.69, 9.17) is 4.52 Å². The van der Waals surface area contributed by atoms with Crippen molar-refractivity contribution in [2.45, 2.75) is 23.7 Å². The van der Waals surface area contributed by atoms with E-state index < -0.39 is 10.0 Å². The van der Waals surface area contributed by atoms with Gasteiger partial charge in [-0.1, -0.05) is 54.5 Å². The highest BCUT2D eigenvalue weighted by Gasteiger charge is 2.52. The molecule has 1 aliphatic rings. The predicted octanol–water partition coefficient (Wildman–Crippen LogP) is 3.50. The van der Waals surface area contributed by atoms with Crippen molar-refractivity contribution in [2.24, 2.45) is 5.92 Å². The Morgan fingerprint density at radius 3 is 2.44 bits per heavy atom. The fraction of sp³-hybridized carbons (Fsp3) is 0.300. The maximum Gasteiger partial charge on any atom is 0.242 e. The van der Waals surface area contributed by atoms with Crippen LogP contribution >= 0.6 is 0 Å². The van der Waals surface area contributed by atoms with Crippen LogP contribution in [0.2, 0.25) is 0 Å². The third-order valence-corrected chi connectivity index (χ3v) is 6.97.